The molecule has 0 saturated carbocycles. The van der Waals surface area contributed by atoms with Crippen molar-refractivity contribution in [3.63, 3.8) is 0 Å². The molecule has 0 amide bonds. The van der Waals surface area contributed by atoms with E-state index in [1.165, 1.54) is 12.1 Å². The number of hydrogen-bond acceptors (Lipinski definition) is 4. The van der Waals surface area contributed by atoms with Crippen molar-refractivity contribution < 1.29 is 27.8 Å². The normalized spacial score (nSPS) is 12.8. The van der Waals surface area contributed by atoms with Crippen molar-refractivity contribution in [1.82, 2.24) is 4.98 Å². The van der Waals surface area contributed by atoms with Crippen LogP contribution in [0.1, 0.15) is 18.9 Å². The summed E-state index contributed by atoms with van der Waals surface area (Å²) in [6.07, 6.45) is -4.17. The molecule has 130 valence electrons. The number of rotatable bonds is 5. The predicted octanol–water partition coefficient (Wildman–Crippen LogP) is 5.26. The molecule has 1 atom stereocenters. The Morgan fingerprint density at radius 1 is 1.29 bits per heavy atom. The first-order valence-electron chi connectivity index (χ1n) is 6.75. The number of benzene rings is 1. The first-order chi connectivity index (χ1) is 11.2. The molecule has 0 saturated heterocycles. The van der Waals surface area contributed by atoms with E-state index in [9.17, 15) is 18.3 Å². The first kappa shape index (κ1) is 18.9. The quantitative estimate of drug-likeness (QED) is 0.476. The molecule has 0 radical (unpaired) electrons. The maximum absolute atomic E-state index is 12.5. The zero-order valence-corrected chi connectivity index (χ0v) is 15.2. The largest absolute Gasteiger partial charge is 0.508 e. The lowest BCUT2D eigenvalue weighted by Crippen LogP contribution is -2.24. The lowest BCUT2D eigenvalue weighted by Gasteiger charge is -2.20. The molecule has 1 N–H and O–H groups in total. The molecule has 2 aromatic rings. The highest BCUT2D eigenvalue weighted by Crippen LogP contribution is 2.35. The Labute approximate surface area is 154 Å². The molecule has 24 heavy (non-hydrogen) atoms. The number of halogens is 5. The van der Waals surface area contributed by atoms with Gasteiger partial charge in [0.15, 0.2) is 5.75 Å². The van der Waals surface area contributed by atoms with Gasteiger partial charge in [0.05, 0.1) is 14.2 Å². The van der Waals surface area contributed by atoms with E-state index in [2.05, 4.69) is 4.98 Å². The van der Waals surface area contributed by atoms with E-state index in [4.69, 9.17) is 21.1 Å². The third-order valence-corrected chi connectivity index (χ3v) is 3.96. The maximum atomic E-state index is 12.5. The van der Waals surface area contributed by atoms with Gasteiger partial charge in [-0.3, -0.25) is 0 Å². The zero-order valence-electron chi connectivity index (χ0n) is 12.3. The second-order valence-corrected chi connectivity index (χ2v) is 6.26. The SMILES string of the molecule is CCC(Oc1ccc(C(F)(F)F)cn1)Oc1c(Cl)cc(O)cc1I. The lowest BCUT2D eigenvalue weighted by atomic mass is 10.3. The molecular formula is C15H12ClF3INO3. The Morgan fingerprint density at radius 3 is 2.50 bits per heavy atom. The monoisotopic (exact) mass is 473 g/mol. The van der Waals surface area contributed by atoms with Gasteiger partial charge in [0.2, 0.25) is 12.2 Å². The van der Waals surface area contributed by atoms with Crippen molar-refractivity contribution in [1.29, 1.82) is 0 Å². The van der Waals surface area contributed by atoms with Crippen LogP contribution >= 0.6 is 34.2 Å². The van der Waals surface area contributed by atoms with E-state index >= 15 is 0 Å². The van der Waals surface area contributed by atoms with Crippen LogP contribution in [0.15, 0.2) is 30.5 Å². The number of phenols is 1. The average Bonchev–Trinajstić information content (AvgIpc) is 2.49. The molecule has 0 spiro atoms. The molecule has 1 heterocycles. The number of ether oxygens (including phenoxy) is 2. The van der Waals surface area contributed by atoms with Gasteiger partial charge in [0.25, 0.3) is 0 Å². The Kier molecular flexibility index (Phi) is 6.02. The van der Waals surface area contributed by atoms with Gasteiger partial charge in [-0.05, 0) is 34.7 Å². The molecule has 0 fully saturated rings. The molecule has 0 aliphatic heterocycles. The summed E-state index contributed by atoms with van der Waals surface area (Å²) in [4.78, 5) is 3.64. The standard InChI is InChI=1S/C15H12ClF3INO3/c1-2-13(24-14-10(16)5-9(22)6-11(14)20)23-12-4-3-8(7-21-12)15(17,18)19/h3-7,13,22H,2H2,1H3. The van der Waals surface area contributed by atoms with E-state index < -0.39 is 18.0 Å². The van der Waals surface area contributed by atoms with Crippen molar-refractivity contribution in [2.24, 2.45) is 0 Å². The second-order valence-electron chi connectivity index (χ2n) is 4.69. The van der Waals surface area contributed by atoms with Gasteiger partial charge in [0, 0.05) is 24.8 Å². The highest BCUT2D eigenvalue weighted by molar-refractivity contribution is 14.1. The summed E-state index contributed by atoms with van der Waals surface area (Å²) >= 11 is 7.96. The van der Waals surface area contributed by atoms with Crippen LogP contribution in [0.4, 0.5) is 13.2 Å². The molecule has 2 rings (SSSR count). The Hall–Kier alpha value is -1.42. The zero-order chi connectivity index (χ0) is 17.9. The minimum absolute atomic E-state index is 0.000223. The van der Waals surface area contributed by atoms with Crippen LogP contribution in [0.2, 0.25) is 5.02 Å². The highest BCUT2D eigenvalue weighted by atomic mass is 127. The van der Waals surface area contributed by atoms with Gasteiger partial charge < -0.3 is 14.6 Å². The predicted molar refractivity (Wildman–Crippen MR) is 90.4 cm³/mol. The van der Waals surface area contributed by atoms with Crippen LogP contribution in [-0.4, -0.2) is 16.4 Å². The van der Waals surface area contributed by atoms with Crippen molar-refractivity contribution in [2.75, 3.05) is 0 Å². The van der Waals surface area contributed by atoms with Crippen LogP contribution in [0.25, 0.3) is 0 Å². The summed E-state index contributed by atoms with van der Waals surface area (Å²) in [7, 11) is 0. The Balaban J connectivity index is 2.13. The third kappa shape index (κ3) is 4.79. The molecule has 4 nitrogen and oxygen atoms in total. The molecule has 1 aromatic carbocycles. The molecule has 0 aliphatic carbocycles. The van der Waals surface area contributed by atoms with E-state index in [-0.39, 0.29) is 16.7 Å². The molecular weight excluding hydrogens is 462 g/mol. The number of hydrogen-bond donors (Lipinski definition) is 1. The minimum Gasteiger partial charge on any atom is -0.508 e. The van der Waals surface area contributed by atoms with Crippen LogP contribution in [0.3, 0.4) is 0 Å². The molecule has 0 bridgehead atoms. The first-order valence-corrected chi connectivity index (χ1v) is 8.21. The Morgan fingerprint density at radius 2 is 2.00 bits per heavy atom. The summed E-state index contributed by atoms with van der Waals surface area (Å²) in [5.41, 5.74) is -0.861. The van der Waals surface area contributed by atoms with Gasteiger partial charge in [0.1, 0.15) is 5.75 Å². The molecule has 0 aliphatic rings. The van der Waals surface area contributed by atoms with Gasteiger partial charge in [-0.25, -0.2) is 4.98 Å². The van der Waals surface area contributed by atoms with Crippen molar-refractivity contribution in [2.45, 2.75) is 25.8 Å². The van der Waals surface area contributed by atoms with Crippen LogP contribution in [-0.2, 0) is 6.18 Å². The van der Waals surface area contributed by atoms with E-state index in [0.29, 0.717) is 21.9 Å². The van der Waals surface area contributed by atoms with Crippen molar-refractivity contribution in [3.05, 3.63) is 44.6 Å². The lowest BCUT2D eigenvalue weighted by molar-refractivity contribution is -0.137. The smallest absolute Gasteiger partial charge is 0.417 e. The summed E-state index contributed by atoms with van der Waals surface area (Å²) in [6.45, 7) is 1.77. The number of aromatic nitrogens is 1. The number of aromatic hydroxyl groups is 1. The highest BCUT2D eigenvalue weighted by Gasteiger charge is 2.30. The molecule has 9 heteroatoms. The van der Waals surface area contributed by atoms with Gasteiger partial charge in [-0.2, -0.15) is 13.2 Å². The number of alkyl halides is 3. The number of nitrogens with zero attached hydrogens (tertiary/aromatic N) is 1. The number of phenolic OH excluding ortho intramolecular Hbond substituents is 1. The maximum Gasteiger partial charge on any atom is 0.417 e. The van der Waals surface area contributed by atoms with E-state index in [1.54, 1.807) is 6.92 Å². The Bertz CT molecular complexity index is 687. The fourth-order valence-corrected chi connectivity index (χ4v) is 2.89. The average molecular weight is 474 g/mol. The summed E-state index contributed by atoms with van der Waals surface area (Å²) in [5.74, 6) is 0.309. The van der Waals surface area contributed by atoms with Crippen molar-refractivity contribution >= 4 is 34.2 Å². The van der Waals surface area contributed by atoms with Crippen molar-refractivity contribution in [3.8, 4) is 17.4 Å². The summed E-state index contributed by atoms with van der Waals surface area (Å²) in [5, 5.41) is 9.65. The number of pyridine rings is 1. The van der Waals surface area contributed by atoms with E-state index in [0.717, 1.165) is 12.1 Å². The molecule has 1 unspecified atom stereocenters. The summed E-state index contributed by atoms with van der Waals surface area (Å²) < 4.78 is 49.2. The topological polar surface area (TPSA) is 51.6 Å². The fourth-order valence-electron chi connectivity index (χ4n) is 1.73. The third-order valence-electron chi connectivity index (χ3n) is 2.88. The van der Waals surface area contributed by atoms with Crippen LogP contribution in [0, 0.1) is 3.57 Å². The molecule has 1 aromatic heterocycles. The van der Waals surface area contributed by atoms with Crippen LogP contribution < -0.4 is 9.47 Å². The minimum atomic E-state index is -4.46. The fraction of sp³-hybridized carbons (Fsp3) is 0.267. The second kappa shape index (κ2) is 7.64. The summed E-state index contributed by atoms with van der Waals surface area (Å²) in [6, 6.07) is 4.79. The van der Waals surface area contributed by atoms with Gasteiger partial charge in [-0.15, -0.1) is 0 Å². The van der Waals surface area contributed by atoms with E-state index in [1.807, 2.05) is 22.6 Å². The van der Waals surface area contributed by atoms with Gasteiger partial charge in [-0.1, -0.05) is 18.5 Å². The van der Waals surface area contributed by atoms with Gasteiger partial charge >= 0.3 is 6.18 Å². The van der Waals surface area contributed by atoms with Crippen LogP contribution in [0.5, 0.6) is 17.4 Å².